The van der Waals surface area contributed by atoms with Crippen LogP contribution in [0.5, 0.6) is 0 Å². The van der Waals surface area contributed by atoms with Crippen LogP contribution in [0.1, 0.15) is 11.1 Å². The van der Waals surface area contributed by atoms with E-state index < -0.39 is 0 Å². The van der Waals surface area contributed by atoms with Crippen LogP contribution < -0.4 is 0 Å². The van der Waals surface area contributed by atoms with Crippen LogP contribution in [-0.4, -0.2) is 11.4 Å². The topological polar surface area (TPSA) is 32.6 Å². The minimum Gasteiger partial charge on any atom is -0.411 e. The van der Waals surface area contributed by atoms with Crippen molar-refractivity contribution < 1.29 is 5.21 Å². The molecule has 0 bridgehead atoms. The van der Waals surface area contributed by atoms with Gasteiger partial charge in [-0.15, -0.1) is 0 Å². The van der Waals surface area contributed by atoms with Gasteiger partial charge >= 0.3 is 0 Å². The fourth-order valence-corrected chi connectivity index (χ4v) is 1.19. The molecule has 2 nitrogen and oxygen atoms in total. The van der Waals surface area contributed by atoms with E-state index in [0.717, 1.165) is 15.6 Å². The first-order valence-corrected chi connectivity index (χ1v) is 3.97. The monoisotopic (exact) mass is 213 g/mol. The molecule has 0 unspecified atom stereocenters. The molecule has 3 heteroatoms. The molecule has 0 aliphatic heterocycles. The number of benzene rings is 1. The first kappa shape index (κ1) is 8.27. The molecule has 0 heterocycles. The molecule has 0 aliphatic rings. The van der Waals surface area contributed by atoms with E-state index in [1.165, 1.54) is 6.21 Å². The molecule has 0 saturated heterocycles. The maximum atomic E-state index is 8.29. The van der Waals surface area contributed by atoms with Gasteiger partial charge in [0.2, 0.25) is 0 Å². The van der Waals surface area contributed by atoms with Crippen molar-refractivity contribution in [1.82, 2.24) is 0 Å². The maximum Gasteiger partial charge on any atom is 0.0736 e. The number of halogens is 1. The molecule has 0 aromatic heterocycles. The summed E-state index contributed by atoms with van der Waals surface area (Å²) in [7, 11) is 0. The molecule has 1 rings (SSSR count). The van der Waals surface area contributed by atoms with Gasteiger partial charge in [-0.05, 0) is 24.6 Å². The fourth-order valence-electron chi connectivity index (χ4n) is 0.813. The highest BCUT2D eigenvalue weighted by Crippen LogP contribution is 2.14. The lowest BCUT2D eigenvalue weighted by Crippen LogP contribution is -1.85. The lowest BCUT2D eigenvalue weighted by molar-refractivity contribution is 0.322. The fraction of sp³-hybridized carbons (Fsp3) is 0.125. The van der Waals surface area contributed by atoms with Gasteiger partial charge in [0.05, 0.1) is 6.21 Å². The molecule has 0 aliphatic carbocycles. The molecular formula is C8H8BrNO. The van der Waals surface area contributed by atoms with E-state index in [1.54, 1.807) is 0 Å². The standard InChI is InChI=1S/C8H8BrNO/c1-6-2-3-8(9)4-7(6)5-10-11/h2-5,11H,1H3/b10-5+. The molecule has 0 fully saturated rings. The van der Waals surface area contributed by atoms with Gasteiger partial charge in [0.15, 0.2) is 0 Å². The van der Waals surface area contributed by atoms with E-state index >= 15 is 0 Å². The molecular weight excluding hydrogens is 206 g/mol. The van der Waals surface area contributed by atoms with E-state index in [9.17, 15) is 0 Å². The Balaban J connectivity index is 3.12. The van der Waals surface area contributed by atoms with Crippen LogP contribution in [0.3, 0.4) is 0 Å². The third-order valence-electron chi connectivity index (χ3n) is 1.44. The number of hydrogen-bond donors (Lipinski definition) is 1. The summed E-state index contributed by atoms with van der Waals surface area (Å²) in [6.07, 6.45) is 1.42. The number of nitrogens with zero attached hydrogens (tertiary/aromatic N) is 1. The highest BCUT2D eigenvalue weighted by atomic mass is 79.9. The number of hydrogen-bond acceptors (Lipinski definition) is 2. The second kappa shape index (κ2) is 3.53. The van der Waals surface area contributed by atoms with Gasteiger partial charge in [-0.2, -0.15) is 0 Å². The second-order valence-electron chi connectivity index (χ2n) is 2.25. The Morgan fingerprint density at radius 2 is 2.27 bits per heavy atom. The van der Waals surface area contributed by atoms with Crippen LogP contribution >= 0.6 is 15.9 Å². The van der Waals surface area contributed by atoms with Gasteiger partial charge in [-0.1, -0.05) is 27.2 Å². The van der Waals surface area contributed by atoms with E-state index in [2.05, 4.69) is 21.1 Å². The van der Waals surface area contributed by atoms with Crippen molar-refractivity contribution in [2.75, 3.05) is 0 Å². The van der Waals surface area contributed by atoms with E-state index in [1.807, 2.05) is 25.1 Å². The molecule has 1 N–H and O–H groups in total. The van der Waals surface area contributed by atoms with Crippen LogP contribution in [0.25, 0.3) is 0 Å². The van der Waals surface area contributed by atoms with Gasteiger partial charge in [0.1, 0.15) is 0 Å². The van der Waals surface area contributed by atoms with Crippen molar-refractivity contribution in [1.29, 1.82) is 0 Å². The normalized spacial score (nSPS) is 10.7. The first-order valence-electron chi connectivity index (χ1n) is 3.17. The molecule has 1 aromatic carbocycles. The number of oxime groups is 1. The van der Waals surface area contributed by atoms with Crippen LogP contribution in [0.4, 0.5) is 0 Å². The Kier molecular flexibility index (Phi) is 2.65. The Hall–Kier alpha value is -0.830. The summed E-state index contributed by atoms with van der Waals surface area (Å²) in [5, 5.41) is 11.3. The molecule has 0 spiro atoms. The third-order valence-corrected chi connectivity index (χ3v) is 1.93. The summed E-state index contributed by atoms with van der Waals surface area (Å²) in [5.41, 5.74) is 2.01. The predicted octanol–water partition coefficient (Wildman–Crippen LogP) is 2.57. The highest BCUT2D eigenvalue weighted by molar-refractivity contribution is 9.10. The number of aryl methyl sites for hydroxylation is 1. The van der Waals surface area contributed by atoms with Gasteiger partial charge in [0, 0.05) is 10.0 Å². The summed E-state index contributed by atoms with van der Waals surface area (Å²) >= 11 is 3.32. The number of rotatable bonds is 1. The van der Waals surface area contributed by atoms with Crippen molar-refractivity contribution in [3.63, 3.8) is 0 Å². The highest BCUT2D eigenvalue weighted by Gasteiger charge is 1.94. The molecule has 1 aromatic rings. The Morgan fingerprint density at radius 3 is 2.91 bits per heavy atom. The summed E-state index contributed by atoms with van der Waals surface area (Å²) in [6.45, 7) is 1.96. The van der Waals surface area contributed by atoms with Crippen molar-refractivity contribution >= 4 is 22.1 Å². The molecule has 0 atom stereocenters. The van der Waals surface area contributed by atoms with Gasteiger partial charge in [-0.25, -0.2) is 0 Å². The Labute approximate surface area is 73.7 Å². The summed E-state index contributed by atoms with van der Waals surface area (Å²) in [5.74, 6) is 0. The molecule has 0 radical (unpaired) electrons. The lowest BCUT2D eigenvalue weighted by Gasteiger charge is -1.98. The van der Waals surface area contributed by atoms with Crippen molar-refractivity contribution in [3.05, 3.63) is 33.8 Å². The van der Waals surface area contributed by atoms with Crippen LogP contribution in [0.15, 0.2) is 27.8 Å². The van der Waals surface area contributed by atoms with Crippen molar-refractivity contribution in [3.8, 4) is 0 Å². The predicted molar refractivity (Wildman–Crippen MR) is 48.3 cm³/mol. The largest absolute Gasteiger partial charge is 0.411 e. The summed E-state index contributed by atoms with van der Waals surface area (Å²) in [4.78, 5) is 0. The van der Waals surface area contributed by atoms with Crippen molar-refractivity contribution in [2.24, 2.45) is 5.16 Å². The minimum absolute atomic E-state index is 0.918. The SMILES string of the molecule is Cc1ccc(Br)cc1/C=N/O. The molecule has 0 amide bonds. The quantitative estimate of drug-likeness (QED) is 0.435. The average Bonchev–Trinajstić information content (AvgIpc) is 1.98. The molecule has 58 valence electrons. The van der Waals surface area contributed by atoms with Crippen LogP contribution in [0.2, 0.25) is 0 Å². The first-order chi connectivity index (χ1) is 5.24. The summed E-state index contributed by atoms with van der Waals surface area (Å²) < 4.78 is 0.984. The van der Waals surface area contributed by atoms with Gasteiger partial charge in [0.25, 0.3) is 0 Å². The second-order valence-corrected chi connectivity index (χ2v) is 3.16. The van der Waals surface area contributed by atoms with Crippen molar-refractivity contribution in [2.45, 2.75) is 6.92 Å². The lowest BCUT2D eigenvalue weighted by atomic mass is 10.1. The van der Waals surface area contributed by atoms with E-state index in [0.29, 0.717) is 0 Å². The molecule has 11 heavy (non-hydrogen) atoms. The molecule has 0 saturated carbocycles. The zero-order valence-electron chi connectivity index (χ0n) is 6.08. The third kappa shape index (κ3) is 2.05. The zero-order chi connectivity index (χ0) is 8.27. The average molecular weight is 214 g/mol. The van der Waals surface area contributed by atoms with E-state index in [4.69, 9.17) is 5.21 Å². The van der Waals surface area contributed by atoms with Gasteiger partial charge in [-0.3, -0.25) is 0 Å². The Bertz CT molecular complexity index is 283. The van der Waals surface area contributed by atoms with E-state index in [-0.39, 0.29) is 0 Å². The smallest absolute Gasteiger partial charge is 0.0736 e. The zero-order valence-corrected chi connectivity index (χ0v) is 7.67. The van der Waals surface area contributed by atoms with Gasteiger partial charge < -0.3 is 5.21 Å². The van der Waals surface area contributed by atoms with Crippen LogP contribution in [0, 0.1) is 6.92 Å². The maximum absolute atomic E-state index is 8.29. The minimum atomic E-state index is 0.918. The summed E-state index contributed by atoms with van der Waals surface area (Å²) in [6, 6.07) is 5.81. The Morgan fingerprint density at radius 1 is 1.55 bits per heavy atom. The van der Waals surface area contributed by atoms with Crippen LogP contribution in [-0.2, 0) is 0 Å².